The van der Waals surface area contributed by atoms with Crippen molar-refractivity contribution < 1.29 is 17.9 Å². The Hall–Kier alpha value is -2.15. The monoisotopic (exact) mass is 352 g/mol. The van der Waals surface area contributed by atoms with Crippen LogP contribution in [-0.2, 0) is 21.2 Å². The first kappa shape index (κ1) is 18.2. The Morgan fingerprint density at radius 3 is 2.71 bits per heavy atom. The molecule has 0 spiro atoms. The molecule has 1 heterocycles. The van der Waals surface area contributed by atoms with Gasteiger partial charge in [0.15, 0.2) is 0 Å². The van der Waals surface area contributed by atoms with E-state index in [0.29, 0.717) is 49.5 Å². The van der Waals surface area contributed by atoms with Crippen LogP contribution in [0.2, 0.25) is 0 Å². The van der Waals surface area contributed by atoms with Crippen LogP contribution in [0.1, 0.15) is 11.1 Å². The fourth-order valence-corrected chi connectivity index (χ4v) is 2.80. The summed E-state index contributed by atoms with van der Waals surface area (Å²) in [5.74, 6) is 0. The number of carbonyl (C=O) groups excluding carboxylic acids is 1. The van der Waals surface area contributed by atoms with Crippen molar-refractivity contribution in [3.05, 3.63) is 29.3 Å². The second-order valence-electron chi connectivity index (χ2n) is 5.43. The molecule has 0 aromatic heterocycles. The van der Waals surface area contributed by atoms with Crippen LogP contribution in [0.25, 0.3) is 0 Å². The smallest absolute Gasteiger partial charge is 0.322 e. The number of anilines is 1. The molecule has 0 unspecified atom stereocenters. The molecule has 2 amide bonds. The number of amides is 2. The van der Waals surface area contributed by atoms with Crippen LogP contribution in [0.3, 0.4) is 0 Å². The second-order valence-corrected chi connectivity index (χ2v) is 7.26. The van der Waals surface area contributed by atoms with Gasteiger partial charge in [0.2, 0.25) is 10.0 Å². The van der Waals surface area contributed by atoms with E-state index in [9.17, 15) is 13.2 Å². The lowest BCUT2D eigenvalue weighted by molar-refractivity contribution is 0.0564. The zero-order chi connectivity index (χ0) is 17.6. The number of nitriles is 1. The van der Waals surface area contributed by atoms with E-state index in [1.165, 1.54) is 0 Å². The number of ether oxygens (including phenoxy) is 1. The Kier molecular flexibility index (Phi) is 6.14. The Labute approximate surface area is 141 Å². The molecule has 1 aromatic carbocycles. The SMILES string of the molecule is CS(=O)(=O)NCCc1cc(C#N)ccc1NC(=O)N1CCOCC1. The summed E-state index contributed by atoms with van der Waals surface area (Å²) in [6, 6.07) is 6.73. The molecule has 1 aliphatic heterocycles. The molecule has 1 saturated heterocycles. The van der Waals surface area contributed by atoms with Crippen LogP contribution in [0.4, 0.5) is 10.5 Å². The number of carbonyl (C=O) groups is 1. The molecule has 8 nitrogen and oxygen atoms in total. The Morgan fingerprint density at radius 2 is 2.08 bits per heavy atom. The molecular formula is C15H20N4O4S. The standard InChI is InChI=1S/C15H20N4O4S/c1-24(21,22)17-5-4-13-10-12(11-16)2-3-14(13)18-15(20)19-6-8-23-9-7-19/h2-3,10,17H,4-9H2,1H3,(H,18,20). The van der Waals surface area contributed by atoms with E-state index < -0.39 is 10.0 Å². The van der Waals surface area contributed by atoms with Gasteiger partial charge in [0, 0.05) is 25.3 Å². The molecule has 24 heavy (non-hydrogen) atoms. The maximum atomic E-state index is 12.3. The third-order valence-corrected chi connectivity index (χ3v) is 4.26. The molecule has 130 valence electrons. The summed E-state index contributed by atoms with van der Waals surface area (Å²) in [5, 5.41) is 11.8. The minimum absolute atomic E-state index is 0.189. The molecule has 1 aliphatic rings. The van der Waals surface area contributed by atoms with E-state index in [2.05, 4.69) is 10.0 Å². The normalized spacial score (nSPS) is 14.9. The maximum Gasteiger partial charge on any atom is 0.322 e. The van der Waals surface area contributed by atoms with Gasteiger partial charge in [-0.25, -0.2) is 17.9 Å². The highest BCUT2D eigenvalue weighted by molar-refractivity contribution is 7.88. The molecule has 0 aliphatic carbocycles. The van der Waals surface area contributed by atoms with Gasteiger partial charge < -0.3 is 15.0 Å². The van der Waals surface area contributed by atoms with Gasteiger partial charge in [0.25, 0.3) is 0 Å². The van der Waals surface area contributed by atoms with Gasteiger partial charge in [-0.2, -0.15) is 5.26 Å². The highest BCUT2D eigenvalue weighted by Gasteiger charge is 2.18. The molecule has 0 saturated carbocycles. The van der Waals surface area contributed by atoms with Gasteiger partial charge in [-0.05, 0) is 30.2 Å². The second kappa shape index (κ2) is 8.10. The van der Waals surface area contributed by atoms with Crippen molar-refractivity contribution >= 4 is 21.7 Å². The number of urea groups is 1. The van der Waals surface area contributed by atoms with Crippen LogP contribution in [0.15, 0.2) is 18.2 Å². The lowest BCUT2D eigenvalue weighted by Crippen LogP contribution is -2.43. The highest BCUT2D eigenvalue weighted by atomic mass is 32.2. The number of hydrogen-bond donors (Lipinski definition) is 2. The lowest BCUT2D eigenvalue weighted by Gasteiger charge is -2.27. The van der Waals surface area contributed by atoms with E-state index >= 15 is 0 Å². The topological polar surface area (TPSA) is 112 Å². The van der Waals surface area contributed by atoms with E-state index in [-0.39, 0.29) is 12.6 Å². The summed E-state index contributed by atoms with van der Waals surface area (Å²) in [6.45, 7) is 2.24. The van der Waals surface area contributed by atoms with Crippen LogP contribution >= 0.6 is 0 Å². The van der Waals surface area contributed by atoms with Crippen molar-refractivity contribution in [1.29, 1.82) is 5.26 Å². The summed E-state index contributed by atoms with van der Waals surface area (Å²) in [7, 11) is -3.29. The van der Waals surface area contributed by atoms with E-state index in [1.54, 1.807) is 23.1 Å². The first-order valence-corrected chi connectivity index (χ1v) is 9.39. The molecule has 0 radical (unpaired) electrons. The van der Waals surface area contributed by atoms with Gasteiger partial charge in [0.05, 0.1) is 31.1 Å². The van der Waals surface area contributed by atoms with Crippen molar-refractivity contribution in [2.24, 2.45) is 0 Å². The van der Waals surface area contributed by atoms with Gasteiger partial charge in [-0.3, -0.25) is 0 Å². The number of sulfonamides is 1. The number of rotatable bonds is 5. The number of morpholine rings is 1. The van der Waals surface area contributed by atoms with Gasteiger partial charge >= 0.3 is 6.03 Å². The van der Waals surface area contributed by atoms with Crippen molar-refractivity contribution in [1.82, 2.24) is 9.62 Å². The molecule has 2 N–H and O–H groups in total. The quantitative estimate of drug-likeness (QED) is 0.802. The highest BCUT2D eigenvalue weighted by Crippen LogP contribution is 2.19. The summed E-state index contributed by atoms with van der Waals surface area (Å²) < 4.78 is 29.9. The molecule has 2 rings (SSSR count). The number of hydrogen-bond acceptors (Lipinski definition) is 5. The molecule has 0 atom stereocenters. The van der Waals surface area contributed by atoms with E-state index in [4.69, 9.17) is 10.00 Å². The van der Waals surface area contributed by atoms with Gasteiger partial charge in [-0.15, -0.1) is 0 Å². The number of nitrogens with zero attached hydrogens (tertiary/aromatic N) is 2. The van der Waals surface area contributed by atoms with Crippen LogP contribution in [0, 0.1) is 11.3 Å². The Balaban J connectivity index is 2.09. The zero-order valence-corrected chi connectivity index (χ0v) is 14.2. The van der Waals surface area contributed by atoms with Crippen LogP contribution in [0.5, 0.6) is 0 Å². The maximum absolute atomic E-state index is 12.3. The van der Waals surface area contributed by atoms with Gasteiger partial charge in [-0.1, -0.05) is 0 Å². The van der Waals surface area contributed by atoms with Crippen molar-refractivity contribution in [3.63, 3.8) is 0 Å². The Morgan fingerprint density at radius 1 is 1.38 bits per heavy atom. The molecule has 9 heteroatoms. The fraction of sp³-hybridized carbons (Fsp3) is 0.467. The number of benzene rings is 1. The van der Waals surface area contributed by atoms with Crippen molar-refractivity contribution in [2.75, 3.05) is 44.4 Å². The summed E-state index contributed by atoms with van der Waals surface area (Å²) in [6.07, 6.45) is 1.45. The first-order valence-electron chi connectivity index (χ1n) is 7.50. The first-order chi connectivity index (χ1) is 11.4. The molecule has 1 aromatic rings. The van der Waals surface area contributed by atoms with Crippen molar-refractivity contribution in [2.45, 2.75) is 6.42 Å². The van der Waals surface area contributed by atoms with Crippen molar-refractivity contribution in [3.8, 4) is 6.07 Å². The predicted molar refractivity (Wildman–Crippen MR) is 89.1 cm³/mol. The third-order valence-electron chi connectivity index (χ3n) is 3.53. The molecule has 0 bridgehead atoms. The summed E-state index contributed by atoms with van der Waals surface area (Å²) in [4.78, 5) is 13.9. The minimum atomic E-state index is -3.29. The minimum Gasteiger partial charge on any atom is -0.378 e. The zero-order valence-electron chi connectivity index (χ0n) is 13.4. The fourth-order valence-electron chi connectivity index (χ4n) is 2.32. The predicted octanol–water partition coefficient (Wildman–Crippen LogP) is 0.514. The van der Waals surface area contributed by atoms with Gasteiger partial charge in [0.1, 0.15) is 0 Å². The average Bonchev–Trinajstić information content (AvgIpc) is 2.55. The third kappa shape index (κ3) is 5.49. The molecule has 1 fully saturated rings. The molecular weight excluding hydrogens is 332 g/mol. The van der Waals surface area contributed by atoms with E-state index in [1.807, 2.05) is 6.07 Å². The van der Waals surface area contributed by atoms with Crippen LogP contribution < -0.4 is 10.0 Å². The Bertz CT molecular complexity index is 736. The van der Waals surface area contributed by atoms with E-state index in [0.717, 1.165) is 6.26 Å². The average molecular weight is 352 g/mol. The summed E-state index contributed by atoms with van der Waals surface area (Å²) >= 11 is 0. The summed E-state index contributed by atoms with van der Waals surface area (Å²) in [5.41, 5.74) is 1.72. The lowest BCUT2D eigenvalue weighted by atomic mass is 10.1. The largest absolute Gasteiger partial charge is 0.378 e. The number of nitrogens with one attached hydrogen (secondary N) is 2. The van der Waals surface area contributed by atoms with Crippen LogP contribution in [-0.4, -0.2) is 58.5 Å².